The van der Waals surface area contributed by atoms with Crippen molar-refractivity contribution in [2.75, 3.05) is 6.61 Å². The van der Waals surface area contributed by atoms with Crippen molar-refractivity contribution in [2.45, 2.75) is 38.6 Å². The van der Waals surface area contributed by atoms with Gasteiger partial charge in [0.2, 0.25) is 0 Å². The highest BCUT2D eigenvalue weighted by Gasteiger charge is 2.11. The van der Waals surface area contributed by atoms with E-state index in [0.29, 0.717) is 0 Å². The molecule has 0 bridgehead atoms. The van der Waals surface area contributed by atoms with Gasteiger partial charge in [0.1, 0.15) is 5.75 Å². The molecule has 0 aliphatic heterocycles. The van der Waals surface area contributed by atoms with Gasteiger partial charge in [-0.2, -0.15) is 0 Å². The molecule has 2 aromatic rings. The quantitative estimate of drug-likeness (QED) is 0.774. The Hall–Kier alpha value is -1.80. The number of benzene rings is 2. The van der Waals surface area contributed by atoms with Gasteiger partial charge in [0.05, 0.1) is 6.61 Å². The summed E-state index contributed by atoms with van der Waals surface area (Å²) in [5.74, 6) is 0.937. The van der Waals surface area contributed by atoms with Gasteiger partial charge in [-0.25, -0.2) is 0 Å². The van der Waals surface area contributed by atoms with E-state index in [-0.39, 0.29) is 6.04 Å². The molecule has 2 N–H and O–H groups in total. The Morgan fingerprint density at radius 2 is 1.71 bits per heavy atom. The number of ether oxygens (including phenoxy) is 1. The largest absolute Gasteiger partial charge is 0.493 e. The molecule has 0 aromatic heterocycles. The molecule has 1 unspecified atom stereocenters. The van der Waals surface area contributed by atoms with E-state index in [0.717, 1.165) is 43.6 Å². The number of nitrogens with two attached hydrogens (primary N) is 1. The first-order chi connectivity index (χ1) is 10.3. The van der Waals surface area contributed by atoms with E-state index in [1.165, 1.54) is 5.56 Å². The van der Waals surface area contributed by atoms with Crippen LogP contribution in [0, 0.1) is 0 Å². The van der Waals surface area contributed by atoms with Gasteiger partial charge in [0.25, 0.3) is 0 Å². The monoisotopic (exact) mass is 283 g/mol. The molecule has 0 saturated carbocycles. The van der Waals surface area contributed by atoms with Crippen LogP contribution in [-0.4, -0.2) is 6.61 Å². The van der Waals surface area contributed by atoms with E-state index in [1.807, 2.05) is 18.2 Å². The smallest absolute Gasteiger partial charge is 0.124 e. The van der Waals surface area contributed by atoms with Crippen molar-refractivity contribution in [1.82, 2.24) is 0 Å². The van der Waals surface area contributed by atoms with E-state index >= 15 is 0 Å². The van der Waals surface area contributed by atoms with Crippen molar-refractivity contribution < 1.29 is 4.74 Å². The van der Waals surface area contributed by atoms with Crippen LogP contribution in [0.1, 0.15) is 43.4 Å². The standard InChI is InChI=1S/C19H25NO/c1-2-15-21-19-14-7-6-12-17(19)18(20)13-8-11-16-9-4-3-5-10-16/h3-7,9-10,12,14,18H,2,8,11,13,15,20H2,1H3. The Labute approximate surface area is 127 Å². The zero-order chi connectivity index (χ0) is 14.9. The van der Waals surface area contributed by atoms with Crippen molar-refractivity contribution >= 4 is 0 Å². The van der Waals surface area contributed by atoms with Crippen LogP contribution in [-0.2, 0) is 6.42 Å². The summed E-state index contributed by atoms with van der Waals surface area (Å²) in [6.07, 6.45) is 4.15. The second-order valence-electron chi connectivity index (χ2n) is 5.37. The SMILES string of the molecule is CCCOc1ccccc1C(N)CCCc1ccccc1. The minimum absolute atomic E-state index is 0.0433. The first-order valence-corrected chi connectivity index (χ1v) is 7.82. The normalized spacial score (nSPS) is 12.1. The lowest BCUT2D eigenvalue weighted by molar-refractivity contribution is 0.311. The fourth-order valence-corrected chi connectivity index (χ4v) is 2.46. The molecule has 2 nitrogen and oxygen atoms in total. The molecule has 0 aliphatic rings. The summed E-state index contributed by atoms with van der Waals surface area (Å²) in [7, 11) is 0. The van der Waals surface area contributed by atoms with Crippen LogP contribution in [0.4, 0.5) is 0 Å². The molecule has 0 heterocycles. The molecule has 112 valence electrons. The molecule has 2 heteroatoms. The minimum atomic E-state index is 0.0433. The summed E-state index contributed by atoms with van der Waals surface area (Å²) >= 11 is 0. The molecular formula is C19H25NO. The summed E-state index contributed by atoms with van der Waals surface area (Å²) < 4.78 is 5.79. The maximum atomic E-state index is 6.35. The Morgan fingerprint density at radius 1 is 1.00 bits per heavy atom. The van der Waals surface area contributed by atoms with Gasteiger partial charge in [-0.3, -0.25) is 0 Å². The molecule has 0 amide bonds. The molecular weight excluding hydrogens is 258 g/mol. The number of hydrogen-bond donors (Lipinski definition) is 1. The lowest BCUT2D eigenvalue weighted by Gasteiger charge is -2.16. The van der Waals surface area contributed by atoms with Crippen LogP contribution in [0.3, 0.4) is 0 Å². The molecule has 21 heavy (non-hydrogen) atoms. The second kappa shape index (κ2) is 8.48. The average molecular weight is 283 g/mol. The first kappa shape index (κ1) is 15.6. The second-order valence-corrected chi connectivity index (χ2v) is 5.37. The van der Waals surface area contributed by atoms with Crippen LogP contribution >= 0.6 is 0 Å². The Balaban J connectivity index is 1.89. The molecule has 0 saturated heterocycles. The van der Waals surface area contributed by atoms with Crippen LogP contribution in [0.15, 0.2) is 54.6 Å². The van der Waals surface area contributed by atoms with E-state index in [2.05, 4.69) is 43.3 Å². The van der Waals surface area contributed by atoms with E-state index in [4.69, 9.17) is 10.5 Å². The van der Waals surface area contributed by atoms with E-state index in [1.54, 1.807) is 0 Å². The third-order valence-corrected chi connectivity index (χ3v) is 3.60. The van der Waals surface area contributed by atoms with Crippen LogP contribution in [0.25, 0.3) is 0 Å². The van der Waals surface area contributed by atoms with E-state index < -0.39 is 0 Å². The highest BCUT2D eigenvalue weighted by molar-refractivity contribution is 5.35. The number of aryl methyl sites for hydroxylation is 1. The molecule has 0 radical (unpaired) electrons. The maximum absolute atomic E-state index is 6.35. The fraction of sp³-hybridized carbons (Fsp3) is 0.368. The Morgan fingerprint density at radius 3 is 2.48 bits per heavy atom. The average Bonchev–Trinajstić information content (AvgIpc) is 2.54. The number of hydrogen-bond acceptors (Lipinski definition) is 2. The van der Waals surface area contributed by atoms with Gasteiger partial charge in [0.15, 0.2) is 0 Å². The fourth-order valence-electron chi connectivity index (χ4n) is 2.46. The highest BCUT2D eigenvalue weighted by atomic mass is 16.5. The molecule has 0 aliphatic carbocycles. The van der Waals surface area contributed by atoms with Crippen molar-refractivity contribution in [1.29, 1.82) is 0 Å². The zero-order valence-corrected chi connectivity index (χ0v) is 12.8. The van der Waals surface area contributed by atoms with Gasteiger partial charge in [0, 0.05) is 11.6 Å². The van der Waals surface area contributed by atoms with Crippen LogP contribution < -0.4 is 10.5 Å². The van der Waals surface area contributed by atoms with Crippen molar-refractivity contribution in [3.05, 3.63) is 65.7 Å². The summed E-state index contributed by atoms with van der Waals surface area (Å²) in [6.45, 7) is 2.86. The molecule has 1 atom stereocenters. The van der Waals surface area contributed by atoms with E-state index in [9.17, 15) is 0 Å². The lowest BCUT2D eigenvalue weighted by Crippen LogP contribution is -2.12. The minimum Gasteiger partial charge on any atom is -0.493 e. The molecule has 2 aromatic carbocycles. The summed E-state index contributed by atoms with van der Waals surface area (Å²) in [5, 5.41) is 0. The molecule has 0 spiro atoms. The number of para-hydroxylation sites is 1. The summed E-state index contributed by atoms with van der Waals surface area (Å²) in [5.41, 5.74) is 8.85. The molecule has 0 fully saturated rings. The summed E-state index contributed by atoms with van der Waals surface area (Å²) in [6, 6.07) is 18.7. The predicted molar refractivity (Wildman–Crippen MR) is 88.5 cm³/mol. The van der Waals surface area contributed by atoms with Gasteiger partial charge >= 0.3 is 0 Å². The number of rotatable bonds is 8. The van der Waals surface area contributed by atoms with Crippen molar-refractivity contribution in [2.24, 2.45) is 5.73 Å². The maximum Gasteiger partial charge on any atom is 0.124 e. The predicted octanol–water partition coefficient (Wildman–Crippen LogP) is 4.50. The third-order valence-electron chi connectivity index (χ3n) is 3.60. The summed E-state index contributed by atoms with van der Waals surface area (Å²) in [4.78, 5) is 0. The highest BCUT2D eigenvalue weighted by Crippen LogP contribution is 2.27. The first-order valence-electron chi connectivity index (χ1n) is 7.82. The van der Waals surface area contributed by atoms with Gasteiger partial charge in [-0.05, 0) is 37.3 Å². The van der Waals surface area contributed by atoms with Crippen molar-refractivity contribution in [3.8, 4) is 5.75 Å². The topological polar surface area (TPSA) is 35.2 Å². The van der Waals surface area contributed by atoms with Crippen LogP contribution in [0.5, 0.6) is 5.75 Å². The Bertz CT molecular complexity index is 524. The van der Waals surface area contributed by atoms with Gasteiger partial charge in [-0.1, -0.05) is 55.5 Å². The Kier molecular flexibility index (Phi) is 6.29. The van der Waals surface area contributed by atoms with Crippen LogP contribution in [0.2, 0.25) is 0 Å². The van der Waals surface area contributed by atoms with Gasteiger partial charge < -0.3 is 10.5 Å². The van der Waals surface area contributed by atoms with Crippen molar-refractivity contribution in [3.63, 3.8) is 0 Å². The third kappa shape index (κ3) is 4.91. The molecule has 2 rings (SSSR count). The zero-order valence-electron chi connectivity index (χ0n) is 12.8. The van der Waals surface area contributed by atoms with Gasteiger partial charge in [-0.15, -0.1) is 0 Å². The lowest BCUT2D eigenvalue weighted by atomic mass is 9.99.